The van der Waals surface area contributed by atoms with Crippen LogP contribution in [0.1, 0.15) is 16.7 Å². The van der Waals surface area contributed by atoms with Crippen molar-refractivity contribution in [3.05, 3.63) is 101 Å². The van der Waals surface area contributed by atoms with Crippen molar-refractivity contribution < 1.29 is 14.0 Å². The normalized spacial score (nSPS) is 15.9. The number of carbonyl (C=O) groups is 2. The minimum absolute atomic E-state index is 0.134. The molecule has 0 fully saturated rings. The van der Waals surface area contributed by atoms with E-state index in [1.165, 1.54) is 17.0 Å². The molecule has 0 spiro atoms. The Hall–Kier alpha value is -3.80. The maximum absolute atomic E-state index is 13.5. The third kappa shape index (κ3) is 2.97. The lowest BCUT2D eigenvalue weighted by molar-refractivity contribution is -0.137. The van der Waals surface area contributed by atoms with Gasteiger partial charge in [0.25, 0.3) is 11.8 Å². The number of anilines is 1. The molecule has 0 N–H and O–H groups in total. The summed E-state index contributed by atoms with van der Waals surface area (Å²) in [5.41, 5.74) is 4.01. The van der Waals surface area contributed by atoms with E-state index in [-0.39, 0.29) is 18.4 Å². The molecule has 0 unspecified atom stereocenters. The Morgan fingerprint density at radius 1 is 0.933 bits per heavy atom. The van der Waals surface area contributed by atoms with Crippen LogP contribution in [-0.2, 0) is 22.6 Å². The van der Waals surface area contributed by atoms with Crippen LogP contribution >= 0.6 is 0 Å². The quantitative estimate of drug-likeness (QED) is 0.630. The summed E-state index contributed by atoms with van der Waals surface area (Å²) in [5.74, 6) is -1.12. The van der Waals surface area contributed by atoms with Crippen LogP contribution in [0.15, 0.2) is 78.8 Å². The number of para-hydroxylation sites is 1. The smallest absolute Gasteiger partial charge is 0.278 e. The van der Waals surface area contributed by atoms with E-state index in [2.05, 4.69) is 4.98 Å². The molecule has 30 heavy (non-hydrogen) atoms. The molecule has 3 aromatic rings. The van der Waals surface area contributed by atoms with Gasteiger partial charge in [0.1, 0.15) is 11.5 Å². The predicted octanol–water partition coefficient (Wildman–Crippen LogP) is 3.56. The van der Waals surface area contributed by atoms with Crippen molar-refractivity contribution in [1.82, 2.24) is 9.88 Å². The second kappa shape index (κ2) is 7.22. The summed E-state index contributed by atoms with van der Waals surface area (Å²) in [5, 5.41) is 0. The first-order valence-electron chi connectivity index (χ1n) is 9.74. The van der Waals surface area contributed by atoms with Gasteiger partial charge in [-0.25, -0.2) is 4.39 Å². The average molecular weight is 399 g/mol. The van der Waals surface area contributed by atoms with Gasteiger partial charge in [0.05, 0.1) is 12.1 Å². The molecule has 2 aromatic carbocycles. The third-order valence-corrected chi connectivity index (χ3v) is 5.50. The Morgan fingerprint density at radius 3 is 2.50 bits per heavy atom. The van der Waals surface area contributed by atoms with Crippen LogP contribution in [0.4, 0.5) is 10.1 Å². The first kappa shape index (κ1) is 18.2. The van der Waals surface area contributed by atoms with Crippen molar-refractivity contribution in [3.63, 3.8) is 0 Å². The molecule has 0 bridgehead atoms. The van der Waals surface area contributed by atoms with E-state index in [1.54, 1.807) is 30.6 Å². The Bertz CT molecular complexity index is 1170. The number of amides is 2. The number of nitrogens with zero attached hydrogens (tertiary/aromatic N) is 3. The SMILES string of the molecule is O=C1C(c2ccc(F)cc2)=C(N2CCc3ccccc32)C(=O)N1Cc1cccnc1. The van der Waals surface area contributed by atoms with Crippen molar-refractivity contribution in [1.29, 1.82) is 0 Å². The standard InChI is InChI=1S/C24H18FN3O2/c25-19-9-7-18(8-10-19)21-22(27-13-11-17-5-1-2-6-20(17)27)24(30)28(23(21)29)15-16-4-3-12-26-14-16/h1-10,12,14H,11,13,15H2. The lowest BCUT2D eigenvalue weighted by Crippen LogP contribution is -2.34. The Morgan fingerprint density at radius 2 is 1.73 bits per heavy atom. The minimum Gasteiger partial charge on any atom is -0.336 e. The lowest BCUT2D eigenvalue weighted by Gasteiger charge is -2.21. The number of carbonyl (C=O) groups excluding carboxylic acids is 2. The maximum atomic E-state index is 13.5. The number of hydrogen-bond acceptors (Lipinski definition) is 4. The fourth-order valence-corrected chi connectivity index (χ4v) is 4.08. The number of pyridine rings is 1. The third-order valence-electron chi connectivity index (χ3n) is 5.50. The summed E-state index contributed by atoms with van der Waals surface area (Å²) >= 11 is 0. The lowest BCUT2D eigenvalue weighted by atomic mass is 10.0. The summed E-state index contributed by atoms with van der Waals surface area (Å²) in [4.78, 5) is 34.1. The largest absolute Gasteiger partial charge is 0.336 e. The zero-order valence-electron chi connectivity index (χ0n) is 16.1. The molecule has 5 nitrogen and oxygen atoms in total. The van der Waals surface area contributed by atoms with Crippen LogP contribution in [0.2, 0.25) is 0 Å². The van der Waals surface area contributed by atoms with E-state index in [4.69, 9.17) is 0 Å². The number of fused-ring (bicyclic) bond motifs is 1. The molecule has 3 heterocycles. The van der Waals surface area contributed by atoms with Gasteiger partial charge in [-0.2, -0.15) is 0 Å². The molecule has 2 amide bonds. The molecule has 0 atom stereocenters. The number of hydrogen-bond donors (Lipinski definition) is 0. The summed E-state index contributed by atoms with van der Waals surface area (Å²) in [6, 6.07) is 17.2. The summed E-state index contributed by atoms with van der Waals surface area (Å²) in [7, 11) is 0. The van der Waals surface area contributed by atoms with Gasteiger partial charge in [0.2, 0.25) is 0 Å². The Balaban J connectivity index is 1.62. The van der Waals surface area contributed by atoms with Gasteiger partial charge in [0.15, 0.2) is 0 Å². The molecule has 148 valence electrons. The van der Waals surface area contributed by atoms with E-state index in [0.29, 0.717) is 23.4 Å². The van der Waals surface area contributed by atoms with Gasteiger partial charge in [-0.3, -0.25) is 19.5 Å². The molecule has 0 radical (unpaired) electrons. The number of aromatic nitrogens is 1. The van der Waals surface area contributed by atoms with E-state index >= 15 is 0 Å². The summed E-state index contributed by atoms with van der Waals surface area (Å²) < 4.78 is 13.5. The monoisotopic (exact) mass is 399 g/mol. The number of benzene rings is 2. The van der Waals surface area contributed by atoms with Gasteiger partial charge in [-0.05, 0) is 47.4 Å². The van der Waals surface area contributed by atoms with E-state index in [1.807, 2.05) is 35.2 Å². The van der Waals surface area contributed by atoms with Gasteiger partial charge in [-0.1, -0.05) is 36.4 Å². The highest BCUT2D eigenvalue weighted by molar-refractivity contribution is 6.36. The fraction of sp³-hybridized carbons (Fsp3) is 0.125. The van der Waals surface area contributed by atoms with Crippen molar-refractivity contribution in [2.75, 3.05) is 11.4 Å². The summed E-state index contributed by atoms with van der Waals surface area (Å²) in [6.07, 6.45) is 4.08. The highest BCUT2D eigenvalue weighted by Gasteiger charge is 2.43. The zero-order chi connectivity index (χ0) is 20.7. The average Bonchev–Trinajstić information content (AvgIpc) is 3.29. The second-order valence-corrected chi connectivity index (χ2v) is 7.32. The molecule has 0 aliphatic carbocycles. The first-order chi connectivity index (χ1) is 14.6. The van der Waals surface area contributed by atoms with E-state index in [0.717, 1.165) is 23.2 Å². The fourth-order valence-electron chi connectivity index (χ4n) is 4.08. The van der Waals surface area contributed by atoms with Crippen molar-refractivity contribution in [3.8, 4) is 0 Å². The molecule has 0 saturated heterocycles. The number of halogens is 1. The molecule has 0 saturated carbocycles. The van der Waals surface area contributed by atoms with Crippen LogP contribution in [0, 0.1) is 5.82 Å². The van der Waals surface area contributed by atoms with Gasteiger partial charge in [-0.15, -0.1) is 0 Å². The van der Waals surface area contributed by atoms with Gasteiger partial charge in [0, 0.05) is 24.6 Å². The van der Waals surface area contributed by atoms with Crippen LogP contribution in [0.5, 0.6) is 0 Å². The van der Waals surface area contributed by atoms with Crippen LogP contribution in [-0.4, -0.2) is 28.2 Å². The van der Waals surface area contributed by atoms with Gasteiger partial charge < -0.3 is 4.90 Å². The minimum atomic E-state index is -0.392. The highest BCUT2D eigenvalue weighted by Crippen LogP contribution is 2.38. The number of imide groups is 1. The van der Waals surface area contributed by atoms with Gasteiger partial charge >= 0.3 is 0 Å². The predicted molar refractivity (Wildman–Crippen MR) is 111 cm³/mol. The molecule has 2 aliphatic rings. The van der Waals surface area contributed by atoms with Crippen molar-refractivity contribution >= 4 is 23.1 Å². The van der Waals surface area contributed by atoms with Crippen LogP contribution < -0.4 is 4.90 Å². The second-order valence-electron chi connectivity index (χ2n) is 7.32. The highest BCUT2D eigenvalue weighted by atomic mass is 19.1. The van der Waals surface area contributed by atoms with E-state index < -0.39 is 5.82 Å². The van der Waals surface area contributed by atoms with Crippen molar-refractivity contribution in [2.45, 2.75) is 13.0 Å². The Kier molecular flexibility index (Phi) is 4.39. The molecular weight excluding hydrogens is 381 g/mol. The molecule has 6 heteroatoms. The zero-order valence-corrected chi connectivity index (χ0v) is 16.1. The summed E-state index contributed by atoms with van der Waals surface area (Å²) in [6.45, 7) is 0.744. The maximum Gasteiger partial charge on any atom is 0.278 e. The van der Waals surface area contributed by atoms with Crippen molar-refractivity contribution in [2.24, 2.45) is 0 Å². The number of rotatable bonds is 4. The van der Waals surface area contributed by atoms with E-state index in [9.17, 15) is 14.0 Å². The Labute approximate surface area is 173 Å². The molecule has 5 rings (SSSR count). The van der Waals surface area contributed by atoms with Crippen LogP contribution in [0.25, 0.3) is 5.57 Å². The van der Waals surface area contributed by atoms with Crippen LogP contribution in [0.3, 0.4) is 0 Å². The molecule has 1 aromatic heterocycles. The molecular formula is C24H18FN3O2. The first-order valence-corrected chi connectivity index (χ1v) is 9.74. The topological polar surface area (TPSA) is 53.5 Å². The molecule has 2 aliphatic heterocycles.